The number of carboxylic acid groups (broad SMARTS) is 1. The normalized spacial score (nSPS) is 18.4. The molecule has 7 heteroatoms. The maximum absolute atomic E-state index is 12.0. The number of hydrogen-bond donors (Lipinski definition) is 2. The van der Waals surface area contributed by atoms with Crippen LogP contribution in [0.3, 0.4) is 0 Å². The quantitative estimate of drug-likeness (QED) is 0.808. The molecule has 0 spiro atoms. The number of carbonyl (C=O) groups excluding carboxylic acids is 1. The van der Waals surface area contributed by atoms with E-state index in [0.717, 1.165) is 0 Å². The molecule has 1 fully saturated rings. The summed E-state index contributed by atoms with van der Waals surface area (Å²) in [5, 5.41) is 15.6. The van der Waals surface area contributed by atoms with Gasteiger partial charge in [-0.1, -0.05) is 25.9 Å². The summed E-state index contributed by atoms with van der Waals surface area (Å²) in [6, 6.07) is -0.511. The highest BCUT2D eigenvalue weighted by atomic mass is 16.5. The van der Waals surface area contributed by atoms with Crippen molar-refractivity contribution in [2.75, 3.05) is 0 Å². The predicted octanol–water partition coefficient (Wildman–Crippen LogP) is 1.41. The number of nitrogens with zero attached hydrogens (tertiary/aromatic N) is 2. The van der Waals surface area contributed by atoms with Gasteiger partial charge in [0.05, 0.1) is 0 Å². The van der Waals surface area contributed by atoms with Crippen LogP contribution < -0.4 is 5.32 Å². The number of aromatic nitrogens is 2. The molecule has 0 radical (unpaired) electrons. The van der Waals surface area contributed by atoms with Crippen molar-refractivity contribution in [1.29, 1.82) is 0 Å². The molecule has 20 heavy (non-hydrogen) atoms. The van der Waals surface area contributed by atoms with E-state index in [-0.39, 0.29) is 11.3 Å². The maximum Gasteiger partial charge on any atom is 0.319 e. The Labute approximate surface area is 116 Å². The minimum atomic E-state index is -1.26. The van der Waals surface area contributed by atoms with Crippen LogP contribution in [0.2, 0.25) is 0 Å². The van der Waals surface area contributed by atoms with Crippen molar-refractivity contribution in [3.05, 3.63) is 11.7 Å². The SMILES string of the molecule is C[C@@H](NC(=O)C1(C(=O)O)CC1)c1nc(C(C)(C)C)no1. The summed E-state index contributed by atoms with van der Waals surface area (Å²) >= 11 is 0. The first-order chi connectivity index (χ1) is 9.17. The molecule has 0 bridgehead atoms. The number of carbonyl (C=O) groups is 2. The first kappa shape index (κ1) is 14.5. The van der Waals surface area contributed by atoms with Crippen molar-refractivity contribution in [3.8, 4) is 0 Å². The zero-order valence-corrected chi connectivity index (χ0v) is 12.1. The van der Waals surface area contributed by atoms with Gasteiger partial charge in [0.15, 0.2) is 5.82 Å². The van der Waals surface area contributed by atoms with Gasteiger partial charge >= 0.3 is 5.97 Å². The monoisotopic (exact) mass is 281 g/mol. The fourth-order valence-electron chi connectivity index (χ4n) is 1.78. The Morgan fingerprint density at radius 2 is 2.00 bits per heavy atom. The van der Waals surface area contributed by atoms with Crippen molar-refractivity contribution in [2.24, 2.45) is 5.41 Å². The van der Waals surface area contributed by atoms with Crippen molar-refractivity contribution >= 4 is 11.9 Å². The average Bonchev–Trinajstić information content (AvgIpc) is 2.98. The van der Waals surface area contributed by atoms with Gasteiger partial charge in [-0.3, -0.25) is 9.59 Å². The molecule has 0 aliphatic heterocycles. The van der Waals surface area contributed by atoms with Crippen molar-refractivity contribution < 1.29 is 19.2 Å². The number of amides is 1. The molecule has 1 amide bonds. The molecule has 110 valence electrons. The van der Waals surface area contributed by atoms with Crippen LogP contribution in [-0.2, 0) is 15.0 Å². The average molecular weight is 281 g/mol. The largest absolute Gasteiger partial charge is 0.480 e. The summed E-state index contributed by atoms with van der Waals surface area (Å²) in [5.41, 5.74) is -1.51. The summed E-state index contributed by atoms with van der Waals surface area (Å²) < 4.78 is 5.12. The molecule has 1 saturated carbocycles. The minimum Gasteiger partial charge on any atom is -0.480 e. The molecule has 1 atom stereocenters. The highest BCUT2D eigenvalue weighted by molar-refractivity contribution is 6.04. The molecule has 0 saturated heterocycles. The van der Waals surface area contributed by atoms with E-state index in [1.54, 1.807) is 6.92 Å². The van der Waals surface area contributed by atoms with E-state index >= 15 is 0 Å². The van der Waals surface area contributed by atoms with Gasteiger partial charge in [-0.05, 0) is 19.8 Å². The highest BCUT2D eigenvalue weighted by Crippen LogP contribution is 2.46. The van der Waals surface area contributed by atoms with E-state index in [9.17, 15) is 9.59 Å². The van der Waals surface area contributed by atoms with Crippen LogP contribution in [0.1, 0.15) is 58.3 Å². The van der Waals surface area contributed by atoms with Gasteiger partial charge in [0.1, 0.15) is 11.5 Å². The highest BCUT2D eigenvalue weighted by Gasteiger charge is 2.57. The standard InChI is InChI=1S/C13H19N3O4/c1-7(8-15-9(16-20-8)12(2,3)4)14-10(17)13(5-6-13)11(18)19/h7H,5-6H2,1-4H3,(H,14,17)(H,18,19)/t7-/m1/s1. The van der Waals surface area contributed by atoms with E-state index < -0.39 is 23.3 Å². The topological polar surface area (TPSA) is 105 Å². The molecule has 1 aliphatic carbocycles. The number of nitrogens with one attached hydrogen (secondary N) is 1. The van der Waals surface area contributed by atoms with Crippen LogP contribution in [0.25, 0.3) is 0 Å². The van der Waals surface area contributed by atoms with Crippen molar-refractivity contribution in [1.82, 2.24) is 15.5 Å². The Morgan fingerprint density at radius 1 is 1.40 bits per heavy atom. The Balaban J connectivity index is 2.06. The van der Waals surface area contributed by atoms with Gasteiger partial charge in [-0.25, -0.2) is 0 Å². The van der Waals surface area contributed by atoms with Crippen LogP contribution in [0.5, 0.6) is 0 Å². The summed E-state index contributed by atoms with van der Waals surface area (Å²) in [7, 11) is 0. The molecular formula is C13H19N3O4. The molecule has 0 unspecified atom stereocenters. The third kappa shape index (κ3) is 2.52. The van der Waals surface area contributed by atoms with Gasteiger partial charge in [0.25, 0.3) is 0 Å². The molecule has 0 aromatic carbocycles. The second-order valence-corrected chi connectivity index (χ2v) is 6.29. The van der Waals surface area contributed by atoms with E-state index in [4.69, 9.17) is 9.63 Å². The number of rotatable bonds is 4. The first-order valence-electron chi connectivity index (χ1n) is 6.55. The lowest BCUT2D eigenvalue weighted by atomic mass is 9.96. The van der Waals surface area contributed by atoms with Crippen LogP contribution >= 0.6 is 0 Å². The van der Waals surface area contributed by atoms with E-state index in [1.165, 1.54) is 0 Å². The molecule has 1 aromatic rings. The molecule has 1 aromatic heterocycles. The summed E-state index contributed by atoms with van der Waals surface area (Å²) in [5.74, 6) is -0.742. The lowest BCUT2D eigenvalue weighted by Gasteiger charge is -2.14. The van der Waals surface area contributed by atoms with E-state index in [2.05, 4.69) is 15.5 Å². The van der Waals surface area contributed by atoms with Gasteiger partial charge in [-0.2, -0.15) is 4.98 Å². The Bertz CT molecular complexity index is 540. The number of hydrogen-bond acceptors (Lipinski definition) is 5. The molecule has 2 rings (SSSR count). The van der Waals surface area contributed by atoms with Crippen LogP contribution in [0, 0.1) is 5.41 Å². The summed E-state index contributed by atoms with van der Waals surface area (Å²) in [4.78, 5) is 27.3. The van der Waals surface area contributed by atoms with Gasteiger partial charge < -0.3 is 14.9 Å². The fourth-order valence-corrected chi connectivity index (χ4v) is 1.78. The van der Waals surface area contributed by atoms with Gasteiger partial charge in [-0.15, -0.1) is 0 Å². The zero-order valence-electron chi connectivity index (χ0n) is 12.1. The van der Waals surface area contributed by atoms with Crippen LogP contribution in [0.15, 0.2) is 4.52 Å². The van der Waals surface area contributed by atoms with Crippen molar-refractivity contribution in [2.45, 2.75) is 52.0 Å². The number of aliphatic carboxylic acids is 1. The zero-order chi connectivity index (χ0) is 15.1. The van der Waals surface area contributed by atoms with E-state index in [0.29, 0.717) is 18.7 Å². The minimum absolute atomic E-state index is 0.246. The van der Waals surface area contributed by atoms with E-state index in [1.807, 2.05) is 20.8 Å². The lowest BCUT2D eigenvalue weighted by molar-refractivity contribution is -0.149. The molecule has 1 heterocycles. The van der Waals surface area contributed by atoms with Crippen LogP contribution in [0.4, 0.5) is 0 Å². The molecule has 2 N–H and O–H groups in total. The molecular weight excluding hydrogens is 262 g/mol. The summed E-state index contributed by atoms with van der Waals surface area (Å²) in [6.07, 6.45) is 0.746. The Kier molecular flexibility index (Phi) is 3.31. The lowest BCUT2D eigenvalue weighted by Crippen LogP contribution is -2.38. The Morgan fingerprint density at radius 3 is 2.40 bits per heavy atom. The van der Waals surface area contributed by atoms with Crippen molar-refractivity contribution in [3.63, 3.8) is 0 Å². The smallest absolute Gasteiger partial charge is 0.319 e. The van der Waals surface area contributed by atoms with Gasteiger partial charge in [0, 0.05) is 5.41 Å². The predicted molar refractivity (Wildman–Crippen MR) is 68.9 cm³/mol. The second kappa shape index (κ2) is 4.57. The third-order valence-electron chi connectivity index (χ3n) is 3.42. The van der Waals surface area contributed by atoms with Gasteiger partial charge in [0.2, 0.25) is 11.8 Å². The Hall–Kier alpha value is -1.92. The summed E-state index contributed by atoms with van der Waals surface area (Å²) in [6.45, 7) is 7.55. The maximum atomic E-state index is 12.0. The second-order valence-electron chi connectivity index (χ2n) is 6.29. The molecule has 1 aliphatic rings. The first-order valence-corrected chi connectivity index (χ1v) is 6.55. The third-order valence-corrected chi connectivity index (χ3v) is 3.42. The number of carboxylic acids is 1. The van der Waals surface area contributed by atoms with Crippen LogP contribution in [-0.4, -0.2) is 27.1 Å². The fraction of sp³-hybridized carbons (Fsp3) is 0.692. The molecule has 7 nitrogen and oxygen atoms in total.